The molecular weight excluding hydrogens is 300 g/mol. The monoisotopic (exact) mass is 322 g/mol. The number of amides is 2. The Morgan fingerprint density at radius 3 is 2.77 bits per heavy atom. The third-order valence-corrected chi connectivity index (χ3v) is 5.46. The molecule has 1 saturated heterocycles. The molecule has 0 spiro atoms. The van der Waals surface area contributed by atoms with Crippen LogP contribution in [-0.2, 0) is 4.79 Å². The Hall–Kier alpha value is -1.40. The summed E-state index contributed by atoms with van der Waals surface area (Å²) in [6.07, 6.45) is 4.70. The molecule has 1 aromatic rings. The largest absolute Gasteiger partial charge is 0.391 e. The fourth-order valence-corrected chi connectivity index (χ4v) is 4.06. The molecule has 2 fully saturated rings. The third-order valence-electron chi connectivity index (χ3n) is 4.61. The predicted molar refractivity (Wildman–Crippen MR) is 84.8 cm³/mol. The molecular formula is C16H22N2O3S. The molecule has 2 heterocycles. The van der Waals surface area contributed by atoms with E-state index in [2.05, 4.69) is 5.32 Å². The van der Waals surface area contributed by atoms with Crippen LogP contribution in [0.2, 0.25) is 0 Å². The second kappa shape index (κ2) is 6.79. The van der Waals surface area contributed by atoms with Crippen LogP contribution in [-0.4, -0.2) is 46.6 Å². The van der Waals surface area contributed by atoms with E-state index in [-0.39, 0.29) is 17.9 Å². The smallest absolute Gasteiger partial charge is 0.264 e. The van der Waals surface area contributed by atoms with Crippen molar-refractivity contribution in [3.63, 3.8) is 0 Å². The maximum Gasteiger partial charge on any atom is 0.264 e. The maximum absolute atomic E-state index is 12.5. The van der Waals surface area contributed by atoms with Gasteiger partial charge in [0.2, 0.25) is 5.91 Å². The average Bonchev–Trinajstić information content (AvgIpc) is 3.20. The van der Waals surface area contributed by atoms with Gasteiger partial charge in [-0.15, -0.1) is 11.3 Å². The van der Waals surface area contributed by atoms with E-state index >= 15 is 0 Å². The van der Waals surface area contributed by atoms with Crippen LogP contribution in [0.1, 0.15) is 48.2 Å². The third kappa shape index (κ3) is 3.17. The Balaban J connectivity index is 1.64. The number of aliphatic hydroxyl groups is 1. The second-order valence-corrected chi connectivity index (χ2v) is 7.05. The minimum atomic E-state index is -0.458. The van der Waals surface area contributed by atoms with Crippen LogP contribution in [0.5, 0.6) is 0 Å². The standard InChI is InChI=1S/C16H22N2O3S/c19-13-7-2-1-5-11(13)17-15(20)12-6-3-9-18(12)16(21)14-8-4-10-22-14/h4,8,10-13,19H,1-3,5-7,9H2,(H,17,20)/t11-,12+,13+/m1/s1. The van der Waals surface area contributed by atoms with Gasteiger partial charge in [-0.05, 0) is 37.1 Å². The first-order valence-corrected chi connectivity index (χ1v) is 8.87. The molecule has 2 amide bonds. The van der Waals surface area contributed by atoms with Gasteiger partial charge in [0.25, 0.3) is 5.91 Å². The van der Waals surface area contributed by atoms with Gasteiger partial charge in [-0.2, -0.15) is 0 Å². The lowest BCUT2D eigenvalue weighted by atomic mass is 9.92. The molecule has 2 aliphatic rings. The number of hydrogen-bond donors (Lipinski definition) is 2. The predicted octanol–water partition coefficient (Wildman–Crippen LogP) is 1.77. The normalized spacial score (nSPS) is 28.6. The fraction of sp³-hybridized carbons (Fsp3) is 0.625. The minimum Gasteiger partial charge on any atom is -0.391 e. The van der Waals surface area contributed by atoms with Crippen molar-refractivity contribution in [2.24, 2.45) is 0 Å². The molecule has 1 saturated carbocycles. The Labute approximate surface area is 134 Å². The first-order valence-electron chi connectivity index (χ1n) is 8.00. The number of aliphatic hydroxyl groups excluding tert-OH is 1. The molecule has 5 nitrogen and oxygen atoms in total. The number of carbonyl (C=O) groups excluding carboxylic acids is 2. The molecule has 0 aromatic carbocycles. The second-order valence-electron chi connectivity index (χ2n) is 6.10. The number of likely N-dealkylation sites (tertiary alicyclic amines) is 1. The highest BCUT2D eigenvalue weighted by Crippen LogP contribution is 2.24. The zero-order valence-electron chi connectivity index (χ0n) is 12.5. The zero-order chi connectivity index (χ0) is 15.5. The molecule has 3 rings (SSSR count). The molecule has 0 unspecified atom stereocenters. The summed E-state index contributed by atoms with van der Waals surface area (Å²) in [7, 11) is 0. The highest BCUT2D eigenvalue weighted by atomic mass is 32.1. The van der Waals surface area contributed by atoms with Crippen LogP contribution in [0.25, 0.3) is 0 Å². The van der Waals surface area contributed by atoms with Crippen LogP contribution in [0.4, 0.5) is 0 Å². The van der Waals surface area contributed by atoms with E-state index in [0.717, 1.165) is 32.1 Å². The Kier molecular flexibility index (Phi) is 4.78. The Bertz CT molecular complexity index is 532. The lowest BCUT2D eigenvalue weighted by molar-refractivity contribution is -0.126. The minimum absolute atomic E-state index is 0.0585. The molecule has 120 valence electrons. The molecule has 0 radical (unpaired) electrons. The van der Waals surface area contributed by atoms with Crippen molar-refractivity contribution in [3.05, 3.63) is 22.4 Å². The van der Waals surface area contributed by atoms with Crippen molar-refractivity contribution in [2.45, 2.75) is 56.7 Å². The Morgan fingerprint density at radius 1 is 1.23 bits per heavy atom. The van der Waals surface area contributed by atoms with Gasteiger partial charge in [0.05, 0.1) is 17.0 Å². The molecule has 22 heavy (non-hydrogen) atoms. The van der Waals surface area contributed by atoms with Crippen molar-refractivity contribution in [1.29, 1.82) is 0 Å². The molecule has 6 heteroatoms. The summed E-state index contributed by atoms with van der Waals surface area (Å²) in [6.45, 7) is 0.627. The molecule has 1 aliphatic carbocycles. The summed E-state index contributed by atoms with van der Waals surface area (Å²) in [5.74, 6) is -0.176. The summed E-state index contributed by atoms with van der Waals surface area (Å²) < 4.78 is 0. The molecule has 1 aromatic heterocycles. The van der Waals surface area contributed by atoms with E-state index in [0.29, 0.717) is 17.8 Å². The summed E-state index contributed by atoms with van der Waals surface area (Å²) in [5.41, 5.74) is 0. The molecule has 0 bridgehead atoms. The number of hydrogen-bond acceptors (Lipinski definition) is 4. The van der Waals surface area contributed by atoms with Crippen LogP contribution in [0, 0.1) is 0 Å². The van der Waals surface area contributed by atoms with Gasteiger partial charge in [-0.25, -0.2) is 0 Å². The zero-order valence-corrected chi connectivity index (χ0v) is 13.3. The quantitative estimate of drug-likeness (QED) is 0.891. The van der Waals surface area contributed by atoms with Crippen molar-refractivity contribution >= 4 is 23.2 Å². The molecule has 2 N–H and O–H groups in total. The van der Waals surface area contributed by atoms with Crippen LogP contribution in [0.3, 0.4) is 0 Å². The first kappa shape index (κ1) is 15.5. The summed E-state index contributed by atoms with van der Waals surface area (Å²) in [5, 5.41) is 14.8. The molecule has 3 atom stereocenters. The lowest BCUT2D eigenvalue weighted by Crippen LogP contribution is -2.52. The van der Waals surface area contributed by atoms with E-state index in [4.69, 9.17) is 0 Å². The van der Waals surface area contributed by atoms with Crippen LogP contribution < -0.4 is 5.32 Å². The number of nitrogens with one attached hydrogen (secondary N) is 1. The SMILES string of the molecule is O=C(N[C@@H]1CCCC[C@@H]1O)[C@@H]1CCCN1C(=O)c1cccs1. The van der Waals surface area contributed by atoms with E-state index < -0.39 is 12.1 Å². The van der Waals surface area contributed by atoms with E-state index in [9.17, 15) is 14.7 Å². The van der Waals surface area contributed by atoms with Gasteiger partial charge >= 0.3 is 0 Å². The van der Waals surface area contributed by atoms with Crippen LogP contribution >= 0.6 is 11.3 Å². The number of rotatable bonds is 3. The van der Waals surface area contributed by atoms with E-state index in [1.165, 1.54) is 11.3 Å². The summed E-state index contributed by atoms with van der Waals surface area (Å²) >= 11 is 1.40. The van der Waals surface area contributed by atoms with Crippen molar-refractivity contribution in [1.82, 2.24) is 10.2 Å². The van der Waals surface area contributed by atoms with Gasteiger partial charge in [0.1, 0.15) is 6.04 Å². The van der Waals surface area contributed by atoms with Crippen LogP contribution in [0.15, 0.2) is 17.5 Å². The van der Waals surface area contributed by atoms with Crippen molar-refractivity contribution in [2.75, 3.05) is 6.54 Å². The fourth-order valence-electron chi connectivity index (χ4n) is 3.38. The first-order chi connectivity index (χ1) is 10.7. The average molecular weight is 322 g/mol. The summed E-state index contributed by atoms with van der Waals surface area (Å²) in [4.78, 5) is 27.4. The van der Waals surface area contributed by atoms with Gasteiger partial charge < -0.3 is 15.3 Å². The van der Waals surface area contributed by atoms with Gasteiger partial charge in [0.15, 0.2) is 0 Å². The van der Waals surface area contributed by atoms with Crippen molar-refractivity contribution < 1.29 is 14.7 Å². The Morgan fingerprint density at radius 2 is 2.05 bits per heavy atom. The molecule has 1 aliphatic heterocycles. The number of carbonyl (C=O) groups is 2. The van der Waals surface area contributed by atoms with Gasteiger partial charge in [-0.1, -0.05) is 18.9 Å². The maximum atomic E-state index is 12.5. The lowest BCUT2D eigenvalue weighted by Gasteiger charge is -2.31. The van der Waals surface area contributed by atoms with E-state index in [1.807, 2.05) is 11.4 Å². The van der Waals surface area contributed by atoms with E-state index in [1.54, 1.807) is 11.0 Å². The number of nitrogens with zero attached hydrogens (tertiary/aromatic N) is 1. The van der Waals surface area contributed by atoms with Gasteiger partial charge in [0, 0.05) is 6.54 Å². The highest BCUT2D eigenvalue weighted by Gasteiger charge is 2.36. The topological polar surface area (TPSA) is 69.6 Å². The number of thiophene rings is 1. The van der Waals surface area contributed by atoms with Gasteiger partial charge in [-0.3, -0.25) is 9.59 Å². The van der Waals surface area contributed by atoms with Crippen molar-refractivity contribution in [3.8, 4) is 0 Å². The summed E-state index contributed by atoms with van der Waals surface area (Å²) in [6, 6.07) is 3.08. The highest BCUT2D eigenvalue weighted by molar-refractivity contribution is 7.12.